The Balaban J connectivity index is 1.43. The van der Waals surface area contributed by atoms with E-state index < -0.39 is 0 Å². The maximum absolute atomic E-state index is 13.9. The Kier molecular flexibility index (Phi) is 7.99. The molecule has 0 radical (unpaired) electrons. The number of fused-ring (bicyclic) bond motifs is 1. The average Bonchev–Trinajstić information content (AvgIpc) is 3.38. The van der Waals surface area contributed by atoms with Crippen LogP contribution in [-0.4, -0.2) is 62.3 Å². The molecular formula is C29H31N3O4S. The molecule has 0 unspecified atom stereocenters. The number of amides is 1. The first-order valence-electron chi connectivity index (χ1n) is 12.5. The van der Waals surface area contributed by atoms with Crippen LogP contribution in [0.15, 0.2) is 66.7 Å². The van der Waals surface area contributed by atoms with Gasteiger partial charge >= 0.3 is 0 Å². The zero-order valence-electron chi connectivity index (χ0n) is 21.2. The minimum atomic E-state index is -0.101. The molecule has 37 heavy (non-hydrogen) atoms. The average molecular weight is 518 g/mol. The molecular weight excluding hydrogens is 486 g/mol. The Labute approximate surface area is 221 Å². The van der Waals surface area contributed by atoms with Crippen molar-refractivity contribution in [3.63, 3.8) is 0 Å². The summed E-state index contributed by atoms with van der Waals surface area (Å²) in [6, 6.07) is 20.9. The van der Waals surface area contributed by atoms with E-state index in [4.69, 9.17) is 19.2 Å². The summed E-state index contributed by atoms with van der Waals surface area (Å²) in [6.07, 6.45) is 0.831. The lowest BCUT2D eigenvalue weighted by molar-refractivity contribution is 0.0376. The number of thiazole rings is 1. The summed E-state index contributed by atoms with van der Waals surface area (Å²) in [4.78, 5) is 23.0. The number of carbonyl (C=O) groups excluding carboxylic acids is 1. The molecule has 4 aromatic rings. The van der Waals surface area contributed by atoms with E-state index in [1.165, 1.54) is 11.3 Å². The second-order valence-corrected chi connectivity index (χ2v) is 9.94. The van der Waals surface area contributed by atoms with Crippen molar-refractivity contribution < 1.29 is 19.0 Å². The molecule has 5 rings (SSSR count). The first kappa shape index (κ1) is 25.2. The highest BCUT2D eigenvalue weighted by Crippen LogP contribution is 2.37. The van der Waals surface area contributed by atoms with Gasteiger partial charge in [-0.3, -0.25) is 14.6 Å². The van der Waals surface area contributed by atoms with E-state index >= 15 is 0 Å². The Morgan fingerprint density at radius 2 is 1.84 bits per heavy atom. The molecule has 1 saturated heterocycles. The first-order chi connectivity index (χ1) is 18.1. The van der Waals surface area contributed by atoms with Gasteiger partial charge in [0.2, 0.25) is 0 Å². The summed E-state index contributed by atoms with van der Waals surface area (Å²) >= 11 is 1.53. The maximum atomic E-state index is 13.9. The van der Waals surface area contributed by atoms with Gasteiger partial charge in [0.05, 0.1) is 25.0 Å². The predicted octanol–water partition coefficient (Wildman–Crippen LogP) is 5.77. The molecule has 1 fully saturated rings. The van der Waals surface area contributed by atoms with Crippen LogP contribution in [0.3, 0.4) is 0 Å². The van der Waals surface area contributed by atoms with Crippen LogP contribution in [-0.2, 0) is 4.74 Å². The van der Waals surface area contributed by atoms with Crippen LogP contribution in [0.4, 0.5) is 5.13 Å². The van der Waals surface area contributed by atoms with Crippen LogP contribution in [0.2, 0.25) is 0 Å². The smallest absolute Gasteiger partial charge is 0.260 e. The minimum Gasteiger partial charge on any atom is -0.494 e. The summed E-state index contributed by atoms with van der Waals surface area (Å²) < 4.78 is 18.1. The van der Waals surface area contributed by atoms with E-state index in [9.17, 15) is 4.79 Å². The molecule has 192 valence electrons. The third-order valence-corrected chi connectivity index (χ3v) is 7.62. The summed E-state index contributed by atoms with van der Waals surface area (Å²) in [5.41, 5.74) is 2.45. The number of rotatable bonds is 9. The van der Waals surface area contributed by atoms with Crippen LogP contribution in [0, 0.1) is 6.92 Å². The third-order valence-electron chi connectivity index (χ3n) is 6.41. The van der Waals surface area contributed by atoms with Crippen molar-refractivity contribution in [2.75, 3.05) is 51.4 Å². The number of aryl methyl sites for hydroxylation is 1. The Morgan fingerprint density at radius 1 is 1.05 bits per heavy atom. The minimum absolute atomic E-state index is 0.101. The zero-order valence-corrected chi connectivity index (χ0v) is 22.0. The van der Waals surface area contributed by atoms with Gasteiger partial charge in [0.1, 0.15) is 22.8 Å². The molecule has 0 spiro atoms. The van der Waals surface area contributed by atoms with E-state index in [1.807, 2.05) is 60.7 Å². The van der Waals surface area contributed by atoms with Crippen LogP contribution in [0.25, 0.3) is 10.2 Å². The molecule has 1 aliphatic heterocycles. The fourth-order valence-electron chi connectivity index (χ4n) is 4.41. The van der Waals surface area contributed by atoms with Gasteiger partial charge in [-0.2, -0.15) is 0 Å². The number of aromatic nitrogens is 1. The van der Waals surface area contributed by atoms with Gasteiger partial charge in [0, 0.05) is 31.7 Å². The normalized spacial score (nSPS) is 14.0. The standard InChI is InChI=1S/C29H31N3O4S/c1-21-12-13-25(34-2)26-27(21)37-29(30-26)32(15-7-14-31-16-18-35-19-17-31)28(33)22-8-6-11-24(20-22)36-23-9-4-3-5-10-23/h3-6,8-13,20H,7,14-19H2,1-2H3. The van der Waals surface area contributed by atoms with Crippen LogP contribution < -0.4 is 14.4 Å². The van der Waals surface area contributed by atoms with E-state index in [0.717, 1.165) is 60.8 Å². The van der Waals surface area contributed by atoms with Crippen LogP contribution in [0.5, 0.6) is 17.2 Å². The summed E-state index contributed by atoms with van der Waals surface area (Å²) in [5, 5.41) is 0.670. The molecule has 0 N–H and O–H groups in total. The molecule has 2 heterocycles. The molecule has 0 bridgehead atoms. The van der Waals surface area contributed by atoms with Gasteiger partial charge in [-0.1, -0.05) is 41.7 Å². The Hall–Kier alpha value is -3.46. The Bertz CT molecular complexity index is 1350. The highest BCUT2D eigenvalue weighted by molar-refractivity contribution is 7.22. The molecule has 1 aromatic heterocycles. The van der Waals surface area contributed by atoms with Gasteiger partial charge in [-0.15, -0.1) is 0 Å². The van der Waals surface area contributed by atoms with Crippen molar-refractivity contribution in [3.8, 4) is 17.2 Å². The number of ether oxygens (including phenoxy) is 3. The summed E-state index contributed by atoms with van der Waals surface area (Å²) in [5.74, 6) is 1.95. The Morgan fingerprint density at radius 3 is 2.62 bits per heavy atom. The molecule has 1 amide bonds. The van der Waals surface area contributed by atoms with Crippen molar-refractivity contribution in [2.24, 2.45) is 0 Å². The zero-order chi connectivity index (χ0) is 25.6. The van der Waals surface area contributed by atoms with Gasteiger partial charge in [-0.25, -0.2) is 4.98 Å². The fraction of sp³-hybridized carbons (Fsp3) is 0.310. The monoisotopic (exact) mass is 517 g/mol. The third kappa shape index (κ3) is 5.93. The number of benzene rings is 3. The van der Waals surface area contributed by atoms with Gasteiger partial charge in [0.25, 0.3) is 5.91 Å². The lowest BCUT2D eigenvalue weighted by atomic mass is 10.2. The van der Waals surface area contributed by atoms with E-state index in [1.54, 1.807) is 18.1 Å². The number of para-hydroxylation sites is 1. The van der Waals surface area contributed by atoms with Gasteiger partial charge in [-0.05, 0) is 55.3 Å². The molecule has 7 nitrogen and oxygen atoms in total. The number of anilines is 1. The lowest BCUT2D eigenvalue weighted by Crippen LogP contribution is -2.39. The number of nitrogens with zero attached hydrogens (tertiary/aromatic N) is 3. The van der Waals surface area contributed by atoms with Crippen molar-refractivity contribution in [1.29, 1.82) is 0 Å². The van der Waals surface area contributed by atoms with Gasteiger partial charge in [0.15, 0.2) is 5.13 Å². The van der Waals surface area contributed by atoms with Crippen LogP contribution >= 0.6 is 11.3 Å². The van der Waals surface area contributed by atoms with E-state index in [0.29, 0.717) is 28.7 Å². The van der Waals surface area contributed by atoms with E-state index in [2.05, 4.69) is 11.8 Å². The highest BCUT2D eigenvalue weighted by atomic mass is 32.1. The quantitative estimate of drug-likeness (QED) is 0.281. The number of carbonyl (C=O) groups is 1. The van der Waals surface area contributed by atoms with Crippen molar-refractivity contribution in [2.45, 2.75) is 13.3 Å². The summed E-state index contributed by atoms with van der Waals surface area (Å²) in [6.45, 7) is 6.87. The molecule has 3 aromatic carbocycles. The SMILES string of the molecule is COc1ccc(C)c2sc(N(CCCN3CCOCC3)C(=O)c3cccc(Oc4ccccc4)c3)nc12. The lowest BCUT2D eigenvalue weighted by Gasteiger charge is -2.27. The topological polar surface area (TPSA) is 64.1 Å². The first-order valence-corrected chi connectivity index (χ1v) is 13.3. The number of methoxy groups -OCH3 is 1. The van der Waals surface area contributed by atoms with Crippen LogP contribution in [0.1, 0.15) is 22.3 Å². The molecule has 1 aliphatic rings. The fourth-order valence-corrected chi connectivity index (χ4v) is 5.49. The predicted molar refractivity (Wildman–Crippen MR) is 147 cm³/mol. The second-order valence-electron chi connectivity index (χ2n) is 8.97. The van der Waals surface area contributed by atoms with Gasteiger partial charge < -0.3 is 14.2 Å². The second kappa shape index (κ2) is 11.7. The number of hydrogen-bond donors (Lipinski definition) is 0. The van der Waals surface area contributed by atoms with Crippen molar-refractivity contribution in [3.05, 3.63) is 77.9 Å². The highest BCUT2D eigenvalue weighted by Gasteiger charge is 2.24. The summed E-state index contributed by atoms with van der Waals surface area (Å²) in [7, 11) is 1.65. The molecule has 0 aliphatic carbocycles. The van der Waals surface area contributed by atoms with Crippen molar-refractivity contribution in [1.82, 2.24) is 9.88 Å². The van der Waals surface area contributed by atoms with E-state index in [-0.39, 0.29) is 5.91 Å². The number of morpholine rings is 1. The maximum Gasteiger partial charge on any atom is 0.260 e. The molecule has 0 saturated carbocycles. The largest absolute Gasteiger partial charge is 0.494 e. The molecule has 8 heteroatoms. The number of hydrogen-bond acceptors (Lipinski definition) is 7. The molecule has 0 atom stereocenters. The van der Waals surface area contributed by atoms with Crippen molar-refractivity contribution >= 4 is 32.6 Å².